The maximum atomic E-state index is 11.4. The molecule has 0 bridgehead atoms. The Balaban J connectivity index is 1.77. The van der Waals surface area contributed by atoms with E-state index in [2.05, 4.69) is 12.2 Å². The Morgan fingerprint density at radius 1 is 1.23 bits per heavy atom. The predicted octanol–water partition coefficient (Wildman–Crippen LogP) is 3.88. The highest BCUT2D eigenvalue weighted by atomic mass is 16.4. The van der Waals surface area contributed by atoms with Crippen LogP contribution in [0.3, 0.4) is 0 Å². The van der Waals surface area contributed by atoms with Crippen LogP contribution in [0.2, 0.25) is 0 Å². The van der Waals surface area contributed by atoms with Gasteiger partial charge in [0, 0.05) is 0 Å². The van der Waals surface area contributed by atoms with Gasteiger partial charge >= 0.3 is 5.97 Å². The van der Waals surface area contributed by atoms with Gasteiger partial charge < -0.3 is 10.4 Å². The van der Waals surface area contributed by atoms with Gasteiger partial charge in [0.1, 0.15) is 6.04 Å². The molecule has 1 aromatic carbocycles. The molecule has 1 unspecified atom stereocenters. The second kappa shape index (κ2) is 8.94. The molecule has 1 aliphatic rings. The van der Waals surface area contributed by atoms with Crippen LogP contribution in [0.4, 0.5) is 0 Å². The lowest BCUT2D eigenvalue weighted by molar-refractivity contribution is -0.139. The van der Waals surface area contributed by atoms with Gasteiger partial charge in [-0.2, -0.15) is 0 Å². The van der Waals surface area contributed by atoms with Crippen molar-refractivity contribution in [1.29, 1.82) is 0 Å². The van der Waals surface area contributed by atoms with Crippen LogP contribution in [-0.2, 0) is 11.2 Å². The molecule has 0 aliphatic heterocycles. The summed E-state index contributed by atoms with van der Waals surface area (Å²) in [5.41, 5.74) is 1.07. The Morgan fingerprint density at radius 2 is 1.91 bits per heavy atom. The molecule has 3 heteroatoms. The Morgan fingerprint density at radius 3 is 2.55 bits per heavy atom. The van der Waals surface area contributed by atoms with Gasteiger partial charge in [0.2, 0.25) is 0 Å². The van der Waals surface area contributed by atoms with Gasteiger partial charge in [-0.25, -0.2) is 0 Å². The molecule has 1 saturated carbocycles. The molecule has 0 saturated heterocycles. The van der Waals surface area contributed by atoms with E-state index >= 15 is 0 Å². The van der Waals surface area contributed by atoms with E-state index in [1.165, 1.54) is 38.5 Å². The fraction of sp³-hybridized carbons (Fsp3) is 0.632. The number of rotatable bonds is 8. The summed E-state index contributed by atoms with van der Waals surface area (Å²) in [6.45, 7) is 3.03. The molecule has 2 N–H and O–H groups in total. The number of nitrogens with one attached hydrogen (secondary N) is 1. The SMILES string of the molecule is CC(CN[C@@H](Cc1ccccc1)C(=O)O)CC1CCCCC1. The lowest BCUT2D eigenvalue weighted by atomic mass is 9.83. The zero-order valence-corrected chi connectivity index (χ0v) is 13.6. The Hall–Kier alpha value is -1.35. The van der Waals surface area contributed by atoms with Crippen molar-refractivity contribution >= 4 is 5.97 Å². The number of aliphatic carboxylic acids is 1. The quantitative estimate of drug-likeness (QED) is 0.766. The molecular weight excluding hydrogens is 274 g/mol. The topological polar surface area (TPSA) is 49.3 Å². The van der Waals surface area contributed by atoms with Crippen molar-refractivity contribution in [2.24, 2.45) is 11.8 Å². The fourth-order valence-corrected chi connectivity index (χ4v) is 3.52. The zero-order valence-electron chi connectivity index (χ0n) is 13.6. The van der Waals surface area contributed by atoms with Gasteiger partial charge in [0.25, 0.3) is 0 Å². The minimum absolute atomic E-state index is 0.490. The number of benzene rings is 1. The number of carboxylic acid groups (broad SMARTS) is 1. The van der Waals surface area contributed by atoms with E-state index in [0.717, 1.165) is 18.0 Å². The number of carbonyl (C=O) groups is 1. The number of hydrogen-bond donors (Lipinski definition) is 2. The standard InChI is InChI=1S/C19H29NO2/c1-15(12-16-8-4-2-5-9-16)14-20-18(19(21)22)13-17-10-6-3-7-11-17/h3,6-7,10-11,15-16,18,20H,2,4-5,8-9,12-14H2,1H3,(H,21,22)/t15?,18-/m0/s1. The highest BCUT2D eigenvalue weighted by Crippen LogP contribution is 2.28. The Labute approximate surface area is 134 Å². The van der Waals surface area contributed by atoms with Crippen LogP contribution >= 0.6 is 0 Å². The molecule has 1 aromatic rings. The summed E-state index contributed by atoms with van der Waals surface area (Å²) in [6.07, 6.45) is 8.62. The summed E-state index contributed by atoms with van der Waals surface area (Å²) in [7, 11) is 0. The summed E-state index contributed by atoms with van der Waals surface area (Å²) < 4.78 is 0. The highest BCUT2D eigenvalue weighted by Gasteiger charge is 2.20. The second-order valence-electron chi connectivity index (χ2n) is 6.83. The van der Waals surface area contributed by atoms with Crippen LogP contribution in [0.15, 0.2) is 30.3 Å². The number of carboxylic acids is 1. The summed E-state index contributed by atoms with van der Waals surface area (Å²) >= 11 is 0. The first kappa shape index (κ1) is 17.0. The van der Waals surface area contributed by atoms with E-state index in [9.17, 15) is 9.90 Å². The summed E-state index contributed by atoms with van der Waals surface area (Å²) in [4.78, 5) is 11.4. The van der Waals surface area contributed by atoms with Gasteiger partial charge in [0.15, 0.2) is 0 Å². The molecule has 0 amide bonds. The van der Waals surface area contributed by atoms with Crippen LogP contribution in [0.25, 0.3) is 0 Å². The normalized spacial score (nSPS) is 18.8. The molecule has 0 radical (unpaired) electrons. The predicted molar refractivity (Wildman–Crippen MR) is 89.9 cm³/mol. The first-order valence-electron chi connectivity index (χ1n) is 8.65. The van der Waals surface area contributed by atoms with Crippen molar-refractivity contribution in [2.45, 2.75) is 57.9 Å². The molecule has 1 aliphatic carbocycles. The van der Waals surface area contributed by atoms with Gasteiger partial charge in [-0.3, -0.25) is 4.79 Å². The summed E-state index contributed by atoms with van der Waals surface area (Å²) in [6, 6.07) is 9.36. The first-order valence-corrected chi connectivity index (χ1v) is 8.65. The largest absolute Gasteiger partial charge is 0.480 e. The lowest BCUT2D eigenvalue weighted by Gasteiger charge is -2.25. The average Bonchev–Trinajstić information content (AvgIpc) is 2.53. The molecule has 122 valence electrons. The molecular formula is C19H29NO2. The van der Waals surface area contributed by atoms with E-state index in [1.54, 1.807) is 0 Å². The molecule has 2 rings (SSSR count). The van der Waals surface area contributed by atoms with Crippen molar-refractivity contribution in [3.8, 4) is 0 Å². The zero-order chi connectivity index (χ0) is 15.8. The van der Waals surface area contributed by atoms with Crippen LogP contribution < -0.4 is 5.32 Å². The Bertz CT molecular complexity index is 440. The van der Waals surface area contributed by atoms with E-state index in [4.69, 9.17) is 0 Å². The van der Waals surface area contributed by atoms with E-state index in [-0.39, 0.29) is 0 Å². The molecule has 22 heavy (non-hydrogen) atoms. The number of hydrogen-bond acceptors (Lipinski definition) is 2. The summed E-state index contributed by atoms with van der Waals surface area (Å²) in [5.74, 6) is 0.636. The third-order valence-corrected chi connectivity index (χ3v) is 4.75. The van der Waals surface area contributed by atoms with Crippen molar-refractivity contribution in [1.82, 2.24) is 5.32 Å². The van der Waals surface area contributed by atoms with E-state index < -0.39 is 12.0 Å². The summed E-state index contributed by atoms with van der Waals surface area (Å²) in [5, 5.41) is 12.7. The molecule has 0 heterocycles. The highest BCUT2D eigenvalue weighted by molar-refractivity contribution is 5.73. The van der Waals surface area contributed by atoms with Crippen molar-refractivity contribution in [3.63, 3.8) is 0 Å². The van der Waals surface area contributed by atoms with Crippen LogP contribution in [0.1, 0.15) is 51.0 Å². The molecule has 0 spiro atoms. The van der Waals surface area contributed by atoms with Crippen molar-refractivity contribution < 1.29 is 9.90 Å². The molecule has 3 nitrogen and oxygen atoms in total. The third-order valence-electron chi connectivity index (χ3n) is 4.75. The van der Waals surface area contributed by atoms with Crippen LogP contribution in [0.5, 0.6) is 0 Å². The molecule has 2 atom stereocenters. The molecule has 0 aromatic heterocycles. The van der Waals surface area contributed by atoms with Crippen molar-refractivity contribution in [2.75, 3.05) is 6.54 Å². The monoisotopic (exact) mass is 303 g/mol. The fourth-order valence-electron chi connectivity index (χ4n) is 3.52. The smallest absolute Gasteiger partial charge is 0.321 e. The molecule has 1 fully saturated rings. The second-order valence-corrected chi connectivity index (χ2v) is 6.83. The van der Waals surface area contributed by atoms with Gasteiger partial charge in [-0.15, -0.1) is 0 Å². The average molecular weight is 303 g/mol. The van der Waals surface area contributed by atoms with Crippen LogP contribution in [0, 0.1) is 11.8 Å². The minimum atomic E-state index is -0.756. The van der Waals surface area contributed by atoms with Crippen molar-refractivity contribution in [3.05, 3.63) is 35.9 Å². The van der Waals surface area contributed by atoms with Gasteiger partial charge in [-0.05, 0) is 36.8 Å². The minimum Gasteiger partial charge on any atom is -0.480 e. The van der Waals surface area contributed by atoms with Gasteiger partial charge in [-0.1, -0.05) is 69.4 Å². The Kier molecular flexibility index (Phi) is 6.91. The van der Waals surface area contributed by atoms with Crippen LogP contribution in [-0.4, -0.2) is 23.7 Å². The first-order chi connectivity index (χ1) is 10.6. The van der Waals surface area contributed by atoms with Gasteiger partial charge in [0.05, 0.1) is 0 Å². The maximum absolute atomic E-state index is 11.4. The lowest BCUT2D eigenvalue weighted by Crippen LogP contribution is -2.41. The van der Waals surface area contributed by atoms with E-state index in [1.807, 2.05) is 30.3 Å². The van der Waals surface area contributed by atoms with E-state index in [0.29, 0.717) is 12.3 Å². The maximum Gasteiger partial charge on any atom is 0.321 e. The third kappa shape index (κ3) is 5.80.